The predicted octanol–water partition coefficient (Wildman–Crippen LogP) is 1.30. The van der Waals surface area contributed by atoms with Crippen molar-refractivity contribution in [3.05, 3.63) is 33.7 Å². The fourth-order valence-corrected chi connectivity index (χ4v) is 6.32. The summed E-state index contributed by atoms with van der Waals surface area (Å²) in [7, 11) is 3.49. The second-order valence-corrected chi connectivity index (χ2v) is 9.23. The number of carbonyl (C=O) groups excluding carboxylic acids is 3. The molecule has 1 unspecified atom stereocenters. The van der Waals surface area contributed by atoms with Crippen LogP contribution in [0.15, 0.2) is 28.8 Å². The number of ketones is 1. The van der Waals surface area contributed by atoms with Crippen LogP contribution in [0.4, 0.5) is 0 Å². The van der Waals surface area contributed by atoms with Crippen molar-refractivity contribution in [3.8, 4) is 0 Å². The summed E-state index contributed by atoms with van der Waals surface area (Å²) in [6, 6.07) is 3.70. The second kappa shape index (κ2) is 7.66. The van der Waals surface area contributed by atoms with Gasteiger partial charge in [-0.25, -0.2) is 4.79 Å². The summed E-state index contributed by atoms with van der Waals surface area (Å²) in [5, 5.41) is 0.594. The quantitative estimate of drug-likeness (QED) is 0.400. The van der Waals surface area contributed by atoms with Gasteiger partial charge in [0.1, 0.15) is 16.9 Å². The average Bonchev–Trinajstić information content (AvgIpc) is 3.13. The largest absolute Gasteiger partial charge is 0.539 e. The van der Waals surface area contributed by atoms with Gasteiger partial charge in [-0.1, -0.05) is 6.07 Å². The van der Waals surface area contributed by atoms with E-state index in [1.807, 2.05) is 17.5 Å². The maximum absolute atomic E-state index is 12.8. The Balaban J connectivity index is 1.83. The van der Waals surface area contributed by atoms with E-state index in [-0.39, 0.29) is 30.2 Å². The number of nitrogens with zero attached hydrogens (tertiary/aromatic N) is 1. The lowest BCUT2D eigenvalue weighted by Gasteiger charge is -2.50. The summed E-state index contributed by atoms with van der Waals surface area (Å²) in [5.74, 6) is -2.23. The molecule has 6 nitrogen and oxygen atoms in total. The smallest absolute Gasteiger partial charge is 0.378 e. The minimum Gasteiger partial charge on any atom is -0.539 e. The average molecular weight is 412 g/mol. The molecule has 26 heavy (non-hydrogen) atoms. The van der Waals surface area contributed by atoms with Gasteiger partial charge in [-0.3, -0.25) is 18.7 Å². The fourth-order valence-electron chi connectivity index (χ4n) is 3.29. The van der Waals surface area contributed by atoms with Gasteiger partial charge in [-0.2, -0.15) is 0 Å². The highest BCUT2D eigenvalue weighted by molar-refractivity contribution is 7.86. The lowest BCUT2D eigenvalue weighted by Crippen LogP contribution is -2.67. The molecular formula is C16H15BClNO5S2. The summed E-state index contributed by atoms with van der Waals surface area (Å²) in [6.07, 6.45) is 0.217. The molecule has 0 saturated carbocycles. The number of fused-ring (bicyclic) bond motifs is 1. The Bertz CT molecular complexity index is 810. The molecule has 1 saturated heterocycles. The monoisotopic (exact) mass is 411 g/mol. The van der Waals surface area contributed by atoms with E-state index in [1.165, 1.54) is 11.3 Å². The molecule has 1 aromatic heterocycles. The summed E-state index contributed by atoms with van der Waals surface area (Å²) in [4.78, 5) is 39.0. The topological polar surface area (TPSA) is 80.8 Å². The van der Waals surface area contributed by atoms with Crippen LogP contribution in [0.1, 0.15) is 18.2 Å². The summed E-state index contributed by atoms with van der Waals surface area (Å²) in [6.45, 7) is 1.67. The Morgan fingerprint density at radius 2 is 2.19 bits per heavy atom. The minimum absolute atomic E-state index is 0.0163. The Hall–Kier alpha value is -1.45. The number of carbonyl (C=O) groups is 3. The molecule has 0 spiro atoms. The van der Waals surface area contributed by atoms with Gasteiger partial charge >= 0.3 is 14.0 Å². The highest BCUT2D eigenvalue weighted by Crippen LogP contribution is 2.43. The molecule has 136 valence electrons. The third-order valence-corrected chi connectivity index (χ3v) is 7.78. The van der Waals surface area contributed by atoms with Gasteiger partial charge in [0, 0.05) is 23.6 Å². The number of rotatable bonds is 6. The molecule has 1 aromatic rings. The van der Waals surface area contributed by atoms with Crippen molar-refractivity contribution < 1.29 is 23.2 Å². The zero-order valence-corrected chi connectivity index (χ0v) is 16.2. The maximum atomic E-state index is 12.8. The molecule has 0 aromatic carbocycles. The summed E-state index contributed by atoms with van der Waals surface area (Å²) < 4.78 is 17.1. The number of Topliss-reactive ketones (excluding diaryl/α,β-unsaturated/α-hetero) is 1. The van der Waals surface area contributed by atoms with Gasteiger partial charge in [0.25, 0.3) is 0 Å². The molecule has 3 rings (SSSR count). The van der Waals surface area contributed by atoms with Crippen molar-refractivity contribution in [1.29, 1.82) is 0 Å². The molecule has 1 fully saturated rings. The first kappa shape index (κ1) is 19.3. The van der Waals surface area contributed by atoms with E-state index in [2.05, 4.69) is 4.65 Å². The number of amides is 1. The van der Waals surface area contributed by atoms with Gasteiger partial charge in [0.2, 0.25) is 5.91 Å². The Morgan fingerprint density at radius 1 is 1.46 bits per heavy atom. The molecule has 1 amide bonds. The van der Waals surface area contributed by atoms with E-state index in [0.29, 0.717) is 5.57 Å². The van der Waals surface area contributed by atoms with E-state index >= 15 is 0 Å². The van der Waals surface area contributed by atoms with Crippen LogP contribution in [0.3, 0.4) is 0 Å². The fraction of sp³-hybridized carbons (Fsp3) is 0.438. The number of β-lactam (4-membered cyclic amide) rings is 1. The van der Waals surface area contributed by atoms with Gasteiger partial charge in [0.15, 0.2) is 0 Å². The van der Waals surface area contributed by atoms with Crippen LogP contribution in [0, 0.1) is 5.92 Å². The SMILES string of the molecule is [B]OC(=O)C1=C(CCl)C(C)[S@](=O)[C@@H]2[C@H](CC(=O)Cc3cccs3)C(=O)N12. The van der Waals surface area contributed by atoms with Crippen LogP contribution in [-0.4, -0.2) is 51.3 Å². The number of hydrogen-bond donors (Lipinski definition) is 0. The Kier molecular flexibility index (Phi) is 5.69. The summed E-state index contributed by atoms with van der Waals surface area (Å²) in [5.41, 5.74) is 0.306. The standard InChI is InChI=1S/C16H15BClNO5S2/c1-8-12(7-18)13(16(22)24-17)19-14(21)11(15(19)26(8)23)6-9(20)5-10-3-2-4-25-10/h2-4,8,11,15H,5-7H2,1H3/t8?,11-,15-,26+/m1/s1. The van der Waals surface area contributed by atoms with Crippen LogP contribution in [0.5, 0.6) is 0 Å². The molecule has 0 N–H and O–H groups in total. The van der Waals surface area contributed by atoms with Gasteiger partial charge < -0.3 is 4.65 Å². The molecule has 10 heteroatoms. The molecule has 3 heterocycles. The van der Waals surface area contributed by atoms with Crippen molar-refractivity contribution >= 4 is 59.4 Å². The number of hydrogen-bond acceptors (Lipinski definition) is 6. The molecule has 2 aliphatic rings. The molecule has 2 radical (unpaired) electrons. The second-order valence-electron chi connectivity index (χ2n) is 6.09. The number of alkyl halides is 1. The number of thiophene rings is 1. The van der Waals surface area contributed by atoms with Gasteiger partial charge in [-0.05, 0) is 23.9 Å². The van der Waals surface area contributed by atoms with Gasteiger partial charge in [0.05, 0.1) is 22.0 Å². The molecule has 2 aliphatic heterocycles. The summed E-state index contributed by atoms with van der Waals surface area (Å²) >= 11 is 7.36. The lowest BCUT2D eigenvalue weighted by molar-refractivity contribution is -0.153. The van der Waals surface area contributed by atoms with Crippen LogP contribution < -0.4 is 0 Å². The van der Waals surface area contributed by atoms with Crippen molar-refractivity contribution in [1.82, 2.24) is 4.90 Å². The van der Waals surface area contributed by atoms with Crippen LogP contribution >= 0.6 is 22.9 Å². The lowest BCUT2D eigenvalue weighted by atomic mass is 9.89. The van der Waals surface area contributed by atoms with Crippen molar-refractivity contribution in [3.63, 3.8) is 0 Å². The third kappa shape index (κ3) is 3.16. The van der Waals surface area contributed by atoms with E-state index in [1.54, 1.807) is 6.92 Å². The van der Waals surface area contributed by atoms with E-state index in [9.17, 15) is 18.6 Å². The predicted molar refractivity (Wildman–Crippen MR) is 99.0 cm³/mol. The third-order valence-electron chi connectivity index (χ3n) is 4.62. The first-order valence-corrected chi connectivity index (χ1v) is 10.6. The van der Waals surface area contributed by atoms with Crippen molar-refractivity contribution in [2.45, 2.75) is 30.4 Å². The highest BCUT2D eigenvalue weighted by Gasteiger charge is 2.58. The van der Waals surface area contributed by atoms with Gasteiger partial charge in [-0.15, -0.1) is 22.9 Å². The number of halogens is 1. The van der Waals surface area contributed by atoms with Crippen LogP contribution in [-0.2, 0) is 36.3 Å². The normalized spacial score (nSPS) is 27.8. The molecule has 0 aliphatic carbocycles. The van der Waals surface area contributed by atoms with Crippen molar-refractivity contribution in [2.75, 3.05) is 5.88 Å². The minimum atomic E-state index is -1.48. The Morgan fingerprint density at radius 3 is 2.77 bits per heavy atom. The molecular weight excluding hydrogens is 397 g/mol. The molecule has 4 atom stereocenters. The van der Waals surface area contributed by atoms with E-state index in [4.69, 9.17) is 19.7 Å². The van der Waals surface area contributed by atoms with Crippen molar-refractivity contribution in [2.24, 2.45) is 5.92 Å². The Labute approximate surface area is 163 Å². The van der Waals surface area contributed by atoms with Crippen LogP contribution in [0.2, 0.25) is 0 Å². The zero-order chi connectivity index (χ0) is 19.0. The molecule has 0 bridgehead atoms. The van der Waals surface area contributed by atoms with E-state index in [0.717, 1.165) is 9.78 Å². The van der Waals surface area contributed by atoms with E-state index < -0.39 is 39.2 Å². The first-order chi connectivity index (χ1) is 12.4. The zero-order valence-electron chi connectivity index (χ0n) is 13.8. The maximum Gasteiger partial charge on any atom is 0.378 e. The first-order valence-electron chi connectivity index (χ1n) is 7.87. The highest BCUT2D eigenvalue weighted by atomic mass is 35.5. The van der Waals surface area contributed by atoms with Crippen LogP contribution in [0.25, 0.3) is 0 Å².